The molecule has 34 heavy (non-hydrogen) atoms. The van der Waals surface area contributed by atoms with Crippen LogP contribution in [-0.2, 0) is 15.4 Å². The quantitative estimate of drug-likeness (QED) is 0.520. The molecule has 0 unspecified atom stereocenters. The predicted molar refractivity (Wildman–Crippen MR) is 129 cm³/mol. The zero-order chi connectivity index (χ0) is 25.3. The highest BCUT2D eigenvalue weighted by molar-refractivity contribution is 7.90. The molecule has 0 aliphatic rings. The first-order valence-electron chi connectivity index (χ1n) is 10.5. The normalized spacial score (nSPS) is 11.5. The SMILES string of the molecule is Cc1cc(C)c(Oc2nc(C(C)(C)C)ccc2C(=O)NS(=O)(=O)c2cccc(N)c2)c(C#N)c1. The Morgan fingerprint density at radius 3 is 2.44 bits per heavy atom. The first-order chi connectivity index (χ1) is 15.8. The van der Waals surface area contributed by atoms with Crippen molar-refractivity contribution in [3.8, 4) is 17.7 Å². The summed E-state index contributed by atoms with van der Waals surface area (Å²) in [5.74, 6) is -0.774. The number of nitrogen functional groups attached to an aromatic ring is 1. The number of nitrogens with one attached hydrogen (secondary N) is 1. The minimum Gasteiger partial charge on any atom is -0.436 e. The molecule has 1 amide bonds. The van der Waals surface area contributed by atoms with Crippen LogP contribution in [0.3, 0.4) is 0 Å². The molecule has 2 aromatic carbocycles. The van der Waals surface area contributed by atoms with Crippen molar-refractivity contribution in [2.45, 2.75) is 44.9 Å². The molecule has 0 atom stereocenters. The van der Waals surface area contributed by atoms with Crippen LogP contribution >= 0.6 is 0 Å². The molecule has 0 aliphatic carbocycles. The van der Waals surface area contributed by atoms with Gasteiger partial charge in [0.2, 0.25) is 5.88 Å². The third kappa shape index (κ3) is 5.35. The number of hydrogen-bond donors (Lipinski definition) is 2. The summed E-state index contributed by atoms with van der Waals surface area (Å²) in [7, 11) is -4.20. The molecule has 3 aromatic rings. The second-order valence-corrected chi connectivity index (χ2v) is 10.7. The van der Waals surface area contributed by atoms with E-state index in [9.17, 15) is 18.5 Å². The van der Waals surface area contributed by atoms with Crippen molar-refractivity contribution in [3.63, 3.8) is 0 Å². The molecule has 0 radical (unpaired) electrons. The zero-order valence-corrected chi connectivity index (χ0v) is 20.4. The number of nitrogens with zero attached hydrogens (tertiary/aromatic N) is 2. The van der Waals surface area contributed by atoms with Crippen molar-refractivity contribution in [2.75, 3.05) is 5.73 Å². The summed E-state index contributed by atoms with van der Waals surface area (Å²) in [6, 6.07) is 14.3. The second kappa shape index (κ2) is 9.15. The highest BCUT2D eigenvalue weighted by Gasteiger charge is 2.26. The summed E-state index contributed by atoms with van der Waals surface area (Å²) in [6.07, 6.45) is 0. The van der Waals surface area contributed by atoms with E-state index in [1.165, 1.54) is 24.3 Å². The van der Waals surface area contributed by atoms with Gasteiger partial charge in [0.15, 0.2) is 0 Å². The van der Waals surface area contributed by atoms with Gasteiger partial charge in [-0.2, -0.15) is 5.26 Å². The van der Waals surface area contributed by atoms with E-state index in [1.807, 2.05) is 38.5 Å². The molecule has 0 saturated heterocycles. The Kier molecular flexibility index (Phi) is 6.66. The molecule has 9 heteroatoms. The molecule has 3 N–H and O–H groups in total. The number of hydrogen-bond acceptors (Lipinski definition) is 7. The fourth-order valence-corrected chi connectivity index (χ4v) is 4.32. The molecule has 176 valence electrons. The molecule has 1 aromatic heterocycles. The predicted octanol–water partition coefficient (Wildman–Crippen LogP) is 4.36. The molecule has 0 spiro atoms. The molecule has 0 saturated carbocycles. The molecule has 0 bridgehead atoms. The Balaban J connectivity index is 2.08. The second-order valence-electron chi connectivity index (χ2n) is 8.98. The van der Waals surface area contributed by atoms with Gasteiger partial charge in [0.1, 0.15) is 17.4 Å². The number of carbonyl (C=O) groups is 1. The van der Waals surface area contributed by atoms with Gasteiger partial charge in [0, 0.05) is 16.8 Å². The van der Waals surface area contributed by atoms with E-state index in [1.54, 1.807) is 25.1 Å². The summed E-state index contributed by atoms with van der Waals surface area (Å²) in [5, 5.41) is 9.59. The number of aryl methyl sites for hydroxylation is 2. The number of aromatic nitrogens is 1. The average molecular weight is 479 g/mol. The highest BCUT2D eigenvalue weighted by Crippen LogP contribution is 2.33. The number of carbonyl (C=O) groups excluding carboxylic acids is 1. The van der Waals surface area contributed by atoms with Crippen LogP contribution in [0, 0.1) is 25.2 Å². The summed E-state index contributed by atoms with van der Waals surface area (Å²) < 4.78 is 33.6. The van der Waals surface area contributed by atoms with Crippen LogP contribution < -0.4 is 15.2 Å². The minimum absolute atomic E-state index is 0.0932. The number of nitriles is 1. The Bertz CT molecular complexity index is 1420. The van der Waals surface area contributed by atoms with Crippen LogP contribution in [0.2, 0.25) is 0 Å². The lowest BCUT2D eigenvalue weighted by atomic mass is 9.91. The van der Waals surface area contributed by atoms with Crippen LogP contribution in [-0.4, -0.2) is 19.3 Å². The van der Waals surface area contributed by atoms with Crippen molar-refractivity contribution in [1.82, 2.24) is 9.71 Å². The van der Waals surface area contributed by atoms with Gasteiger partial charge in [-0.25, -0.2) is 18.1 Å². The van der Waals surface area contributed by atoms with E-state index < -0.39 is 15.9 Å². The van der Waals surface area contributed by atoms with E-state index in [2.05, 4.69) is 11.1 Å². The standard InChI is InChI=1S/C25H26N4O4S/c1-15-11-16(2)22(17(12-15)14-26)33-24-20(9-10-21(28-24)25(3,4)5)23(30)29-34(31,32)19-8-6-7-18(27)13-19/h6-13H,27H2,1-5H3,(H,29,30). The van der Waals surface area contributed by atoms with Gasteiger partial charge < -0.3 is 10.5 Å². The zero-order valence-electron chi connectivity index (χ0n) is 19.6. The van der Waals surface area contributed by atoms with Gasteiger partial charge in [-0.3, -0.25) is 4.79 Å². The third-order valence-electron chi connectivity index (χ3n) is 5.01. The Morgan fingerprint density at radius 2 is 1.82 bits per heavy atom. The van der Waals surface area contributed by atoms with Crippen molar-refractivity contribution in [1.29, 1.82) is 5.26 Å². The molecule has 0 fully saturated rings. The molecular formula is C25H26N4O4S. The fourth-order valence-electron chi connectivity index (χ4n) is 3.30. The summed E-state index contributed by atoms with van der Waals surface area (Å²) in [6.45, 7) is 9.47. The first-order valence-corrected chi connectivity index (χ1v) is 11.9. The van der Waals surface area contributed by atoms with Crippen molar-refractivity contribution in [2.24, 2.45) is 0 Å². The van der Waals surface area contributed by atoms with Gasteiger partial charge in [0.05, 0.1) is 10.5 Å². The maximum absolute atomic E-state index is 13.1. The highest BCUT2D eigenvalue weighted by atomic mass is 32.2. The van der Waals surface area contributed by atoms with E-state index in [0.717, 1.165) is 5.56 Å². The van der Waals surface area contributed by atoms with Gasteiger partial charge in [-0.05, 0) is 61.4 Å². The number of anilines is 1. The summed E-state index contributed by atoms with van der Waals surface area (Å²) in [5.41, 5.74) is 7.92. The number of pyridine rings is 1. The van der Waals surface area contributed by atoms with E-state index in [0.29, 0.717) is 11.3 Å². The Labute approximate surface area is 199 Å². The van der Waals surface area contributed by atoms with E-state index in [4.69, 9.17) is 10.5 Å². The lowest BCUT2D eigenvalue weighted by Gasteiger charge is -2.20. The van der Waals surface area contributed by atoms with Gasteiger partial charge in [0.25, 0.3) is 15.9 Å². The molecule has 1 heterocycles. The van der Waals surface area contributed by atoms with Crippen LogP contribution in [0.15, 0.2) is 53.4 Å². The number of nitrogens with two attached hydrogens (primary N) is 1. The summed E-state index contributed by atoms with van der Waals surface area (Å²) >= 11 is 0. The topological polar surface area (TPSA) is 135 Å². The molecular weight excluding hydrogens is 452 g/mol. The largest absolute Gasteiger partial charge is 0.436 e. The summed E-state index contributed by atoms with van der Waals surface area (Å²) in [4.78, 5) is 17.4. The van der Waals surface area contributed by atoms with Crippen molar-refractivity contribution >= 4 is 21.6 Å². The number of benzene rings is 2. The lowest BCUT2D eigenvalue weighted by Crippen LogP contribution is -2.31. The number of rotatable bonds is 5. The number of ether oxygens (including phenoxy) is 1. The van der Waals surface area contributed by atoms with E-state index in [-0.39, 0.29) is 38.8 Å². The molecule has 0 aliphatic heterocycles. The van der Waals surface area contributed by atoms with Crippen molar-refractivity contribution in [3.05, 3.63) is 76.5 Å². The van der Waals surface area contributed by atoms with Crippen molar-refractivity contribution < 1.29 is 17.9 Å². The van der Waals surface area contributed by atoms with E-state index >= 15 is 0 Å². The lowest BCUT2D eigenvalue weighted by molar-refractivity contribution is 0.0978. The number of amides is 1. The molecule has 3 rings (SSSR count). The van der Waals surface area contributed by atoms with Crippen LogP contribution in [0.4, 0.5) is 5.69 Å². The van der Waals surface area contributed by atoms with Gasteiger partial charge in [-0.1, -0.05) is 32.9 Å². The first kappa shape index (κ1) is 24.7. The fraction of sp³-hybridized carbons (Fsp3) is 0.240. The maximum Gasteiger partial charge on any atom is 0.270 e. The minimum atomic E-state index is -4.20. The van der Waals surface area contributed by atoms with Gasteiger partial charge >= 0.3 is 0 Å². The van der Waals surface area contributed by atoms with Crippen LogP contribution in [0.5, 0.6) is 11.6 Å². The van der Waals surface area contributed by atoms with Gasteiger partial charge in [-0.15, -0.1) is 0 Å². The third-order valence-corrected chi connectivity index (χ3v) is 6.34. The van der Waals surface area contributed by atoms with Crippen LogP contribution in [0.25, 0.3) is 0 Å². The number of sulfonamides is 1. The Morgan fingerprint density at radius 1 is 1.12 bits per heavy atom. The van der Waals surface area contributed by atoms with Crippen LogP contribution in [0.1, 0.15) is 53.5 Å². The Hall–Kier alpha value is -3.90. The average Bonchev–Trinajstić information content (AvgIpc) is 2.74. The smallest absolute Gasteiger partial charge is 0.270 e. The monoisotopic (exact) mass is 478 g/mol. The molecule has 8 nitrogen and oxygen atoms in total. The maximum atomic E-state index is 13.1.